The minimum atomic E-state index is -4.93. The molecule has 1 fully saturated rings. The zero-order valence-electron chi connectivity index (χ0n) is 12.8. The zero-order valence-corrected chi connectivity index (χ0v) is 12.8. The van der Waals surface area contributed by atoms with Gasteiger partial charge in [0.1, 0.15) is 11.3 Å². The van der Waals surface area contributed by atoms with E-state index in [1.807, 2.05) is 12.2 Å². The van der Waals surface area contributed by atoms with Crippen molar-refractivity contribution < 1.29 is 22.7 Å². The molecule has 1 N–H and O–H groups in total. The number of allylic oxidation sites excluding steroid dienone is 2. The molecule has 1 amide bonds. The molecule has 3 rings (SSSR count). The van der Waals surface area contributed by atoms with Gasteiger partial charge in [-0.15, -0.1) is 0 Å². The van der Waals surface area contributed by atoms with Crippen molar-refractivity contribution in [1.29, 1.82) is 0 Å². The Morgan fingerprint density at radius 3 is 2.83 bits per heavy atom. The molecule has 23 heavy (non-hydrogen) atoms. The number of nitrogens with zero attached hydrogens (tertiary/aromatic N) is 1. The SMILES string of the molecule is CO[C@]12C=CC=CC1=N[C@@]1(NC(=O)C(F)(F)F)CCCCC[C@H]12. The summed E-state index contributed by atoms with van der Waals surface area (Å²) >= 11 is 0. The quantitative estimate of drug-likeness (QED) is 0.847. The zero-order chi connectivity index (χ0) is 16.7. The third-order valence-electron chi connectivity index (χ3n) is 5.00. The highest BCUT2D eigenvalue weighted by Gasteiger charge is 2.60. The molecule has 0 aromatic rings. The summed E-state index contributed by atoms with van der Waals surface area (Å²) in [5, 5.41) is 2.19. The predicted octanol–water partition coefficient (Wildman–Crippen LogP) is 2.91. The van der Waals surface area contributed by atoms with Crippen LogP contribution in [0.5, 0.6) is 0 Å². The lowest BCUT2D eigenvalue weighted by Crippen LogP contribution is -2.58. The molecule has 0 aromatic carbocycles. The van der Waals surface area contributed by atoms with Crippen molar-refractivity contribution in [2.45, 2.75) is 49.5 Å². The first-order valence-corrected chi connectivity index (χ1v) is 7.75. The van der Waals surface area contributed by atoms with Crippen LogP contribution in [0, 0.1) is 5.92 Å². The van der Waals surface area contributed by atoms with Crippen LogP contribution < -0.4 is 5.32 Å². The fourth-order valence-corrected chi connectivity index (χ4v) is 3.99. The number of methoxy groups -OCH3 is 1. The third kappa shape index (κ3) is 2.51. The van der Waals surface area contributed by atoms with Gasteiger partial charge in [0, 0.05) is 13.0 Å². The lowest BCUT2D eigenvalue weighted by molar-refractivity contribution is -0.177. The number of alkyl halides is 3. The van der Waals surface area contributed by atoms with Crippen LogP contribution in [0.3, 0.4) is 0 Å². The Morgan fingerprint density at radius 1 is 1.35 bits per heavy atom. The normalized spacial score (nSPS) is 36.0. The molecule has 0 aromatic heterocycles. The highest BCUT2D eigenvalue weighted by atomic mass is 19.4. The van der Waals surface area contributed by atoms with Crippen molar-refractivity contribution in [2.75, 3.05) is 7.11 Å². The van der Waals surface area contributed by atoms with Gasteiger partial charge in [0.05, 0.1) is 5.71 Å². The second kappa shape index (κ2) is 5.47. The number of aliphatic imine (C=N–C) groups is 1. The summed E-state index contributed by atoms with van der Waals surface area (Å²) in [6.45, 7) is 0. The van der Waals surface area contributed by atoms with Gasteiger partial charge in [0.15, 0.2) is 0 Å². The van der Waals surface area contributed by atoms with E-state index in [1.54, 1.807) is 12.2 Å². The Bertz CT molecular complexity index is 597. The molecule has 4 nitrogen and oxygen atoms in total. The van der Waals surface area contributed by atoms with Gasteiger partial charge in [-0.05, 0) is 31.4 Å². The minimum absolute atomic E-state index is 0.343. The predicted molar refractivity (Wildman–Crippen MR) is 79.0 cm³/mol. The second-order valence-corrected chi connectivity index (χ2v) is 6.24. The summed E-state index contributed by atoms with van der Waals surface area (Å²) in [5.41, 5.74) is -1.54. The van der Waals surface area contributed by atoms with Gasteiger partial charge in [-0.1, -0.05) is 25.0 Å². The van der Waals surface area contributed by atoms with Crippen molar-refractivity contribution in [2.24, 2.45) is 10.9 Å². The molecule has 0 spiro atoms. The molecule has 3 aliphatic rings. The fourth-order valence-electron chi connectivity index (χ4n) is 3.99. The number of amides is 1. The lowest BCUT2D eigenvalue weighted by atomic mass is 9.74. The first-order chi connectivity index (χ1) is 10.8. The molecule has 1 saturated carbocycles. The average Bonchev–Trinajstić information content (AvgIpc) is 2.62. The molecule has 1 aliphatic heterocycles. The van der Waals surface area contributed by atoms with Crippen LogP contribution in [0.2, 0.25) is 0 Å². The fraction of sp³-hybridized carbons (Fsp3) is 0.625. The van der Waals surface area contributed by atoms with Crippen LogP contribution in [0.25, 0.3) is 0 Å². The topological polar surface area (TPSA) is 50.7 Å². The average molecular weight is 328 g/mol. The van der Waals surface area contributed by atoms with E-state index < -0.39 is 23.3 Å². The Morgan fingerprint density at radius 2 is 2.13 bits per heavy atom. The number of ether oxygens (including phenoxy) is 1. The summed E-state index contributed by atoms with van der Waals surface area (Å²) in [6, 6.07) is 0. The van der Waals surface area contributed by atoms with Gasteiger partial charge >= 0.3 is 12.1 Å². The van der Waals surface area contributed by atoms with E-state index in [9.17, 15) is 18.0 Å². The molecule has 126 valence electrons. The molecule has 3 atom stereocenters. The number of halogens is 3. The second-order valence-electron chi connectivity index (χ2n) is 6.24. The van der Waals surface area contributed by atoms with Gasteiger partial charge < -0.3 is 10.1 Å². The van der Waals surface area contributed by atoms with Crippen molar-refractivity contribution in [3.8, 4) is 0 Å². The van der Waals surface area contributed by atoms with Crippen LogP contribution in [0.4, 0.5) is 13.2 Å². The van der Waals surface area contributed by atoms with Gasteiger partial charge in [0.2, 0.25) is 0 Å². The Kier molecular flexibility index (Phi) is 3.86. The minimum Gasteiger partial charge on any atom is -0.367 e. The monoisotopic (exact) mass is 328 g/mol. The van der Waals surface area contributed by atoms with Crippen LogP contribution in [-0.2, 0) is 9.53 Å². The molecule has 0 saturated heterocycles. The molecule has 0 radical (unpaired) electrons. The Hall–Kier alpha value is -1.63. The van der Waals surface area contributed by atoms with Crippen molar-refractivity contribution >= 4 is 11.6 Å². The maximum absolute atomic E-state index is 12.8. The highest BCUT2D eigenvalue weighted by Crippen LogP contribution is 2.49. The molecular weight excluding hydrogens is 309 g/mol. The number of carbonyl (C=O) groups is 1. The summed E-state index contributed by atoms with van der Waals surface area (Å²) in [7, 11) is 1.53. The Balaban J connectivity index is 2.04. The molecular formula is C16H19F3N2O2. The van der Waals surface area contributed by atoms with Crippen LogP contribution in [0.1, 0.15) is 32.1 Å². The van der Waals surface area contributed by atoms with E-state index >= 15 is 0 Å². The van der Waals surface area contributed by atoms with E-state index in [1.165, 1.54) is 7.11 Å². The number of nitrogens with one attached hydrogen (secondary N) is 1. The standard InChI is InChI=1S/C16H19F3N2O2/c1-23-14-9-6-4-8-12(14)20-15(21-13(22)16(17,18)19)10-5-2-3-7-11(14)15/h4,6,8-9,11H,2-3,5,7,10H2,1H3,(H,21,22)/t11-,14-,15+/m0/s1. The van der Waals surface area contributed by atoms with E-state index in [0.717, 1.165) is 19.3 Å². The van der Waals surface area contributed by atoms with Gasteiger partial charge in [0.25, 0.3) is 0 Å². The van der Waals surface area contributed by atoms with Crippen LogP contribution in [0.15, 0.2) is 29.3 Å². The Labute approximate surface area is 132 Å². The van der Waals surface area contributed by atoms with Gasteiger partial charge in [-0.25, -0.2) is 0 Å². The molecule has 0 bridgehead atoms. The first-order valence-electron chi connectivity index (χ1n) is 7.75. The highest BCUT2D eigenvalue weighted by molar-refractivity contribution is 6.07. The van der Waals surface area contributed by atoms with Crippen molar-refractivity contribution in [1.82, 2.24) is 5.32 Å². The van der Waals surface area contributed by atoms with Crippen molar-refractivity contribution in [3.63, 3.8) is 0 Å². The molecule has 0 unspecified atom stereocenters. The summed E-state index contributed by atoms with van der Waals surface area (Å²) in [5.74, 6) is -2.28. The van der Waals surface area contributed by atoms with Crippen LogP contribution in [-0.4, -0.2) is 36.2 Å². The van der Waals surface area contributed by atoms with Crippen LogP contribution >= 0.6 is 0 Å². The molecule has 2 aliphatic carbocycles. The van der Waals surface area contributed by atoms with Crippen molar-refractivity contribution in [3.05, 3.63) is 24.3 Å². The molecule has 1 heterocycles. The van der Waals surface area contributed by atoms with E-state index in [0.29, 0.717) is 18.6 Å². The third-order valence-corrected chi connectivity index (χ3v) is 5.00. The van der Waals surface area contributed by atoms with Gasteiger partial charge in [-0.2, -0.15) is 13.2 Å². The van der Waals surface area contributed by atoms with E-state index in [4.69, 9.17) is 4.74 Å². The number of hydrogen-bond acceptors (Lipinski definition) is 3. The summed E-state index contributed by atoms with van der Waals surface area (Å²) in [6.07, 6.45) is 5.79. The maximum Gasteiger partial charge on any atom is 0.471 e. The number of hydrogen-bond donors (Lipinski definition) is 1. The number of carbonyl (C=O) groups excluding carboxylic acids is 1. The number of fused-ring (bicyclic) bond motifs is 3. The molecule has 7 heteroatoms. The summed E-state index contributed by atoms with van der Waals surface area (Å²) in [4.78, 5) is 16.1. The lowest BCUT2D eigenvalue weighted by Gasteiger charge is -2.40. The maximum atomic E-state index is 12.8. The first kappa shape index (κ1) is 16.2. The smallest absolute Gasteiger partial charge is 0.367 e. The largest absolute Gasteiger partial charge is 0.471 e. The summed E-state index contributed by atoms with van der Waals surface area (Å²) < 4.78 is 44.1. The van der Waals surface area contributed by atoms with E-state index in [2.05, 4.69) is 10.3 Å². The number of rotatable bonds is 2. The van der Waals surface area contributed by atoms with E-state index in [-0.39, 0.29) is 5.92 Å². The van der Waals surface area contributed by atoms with Gasteiger partial charge in [-0.3, -0.25) is 9.79 Å².